The molecule has 35 heavy (non-hydrogen) atoms. The molecule has 6 rings (SSSR count). The summed E-state index contributed by atoms with van der Waals surface area (Å²) in [6.45, 7) is 5.16. The second-order valence-electron chi connectivity index (χ2n) is 9.58. The SMILES string of the molecule is C=CC(=O)N1CCC2(CC(n3c(NC(=O)c4cccc(-c5ccco5)c4)nc4ccccc43)C2)C1. The molecule has 1 N–H and O–H groups in total. The van der Waals surface area contributed by atoms with Crippen LogP contribution >= 0.6 is 0 Å². The topological polar surface area (TPSA) is 80.4 Å². The number of imidazole rings is 1. The number of aromatic nitrogens is 2. The number of amides is 2. The molecule has 1 aliphatic heterocycles. The molecule has 2 fully saturated rings. The van der Waals surface area contributed by atoms with Crippen LogP contribution in [-0.2, 0) is 4.79 Å². The van der Waals surface area contributed by atoms with Gasteiger partial charge in [0.05, 0.1) is 17.3 Å². The van der Waals surface area contributed by atoms with E-state index in [9.17, 15) is 9.59 Å². The molecule has 2 aromatic carbocycles. The predicted octanol–water partition coefficient (Wildman–Crippen LogP) is 5.29. The minimum Gasteiger partial charge on any atom is -0.464 e. The molecule has 7 heteroatoms. The van der Waals surface area contributed by atoms with Gasteiger partial charge in [0.15, 0.2) is 0 Å². The van der Waals surface area contributed by atoms with Gasteiger partial charge >= 0.3 is 0 Å². The molecule has 0 bridgehead atoms. The number of hydrogen-bond acceptors (Lipinski definition) is 4. The number of para-hydroxylation sites is 2. The summed E-state index contributed by atoms with van der Waals surface area (Å²) in [5, 5.41) is 3.06. The monoisotopic (exact) mass is 466 g/mol. The first-order chi connectivity index (χ1) is 17.0. The Morgan fingerprint density at radius 2 is 1.97 bits per heavy atom. The third-order valence-corrected chi connectivity index (χ3v) is 7.38. The lowest BCUT2D eigenvalue weighted by molar-refractivity contribution is -0.125. The van der Waals surface area contributed by atoms with Gasteiger partial charge in [-0.2, -0.15) is 0 Å². The standard InChI is InChI=1S/C28H26N4O3/c1-2-25(33)31-13-12-28(18-31)16-21(17-28)32-23-10-4-3-9-22(23)29-27(32)30-26(34)20-8-5-7-19(15-20)24-11-6-14-35-24/h2-11,14-15,21H,1,12-13,16-18H2,(H,29,30,34). The van der Waals surface area contributed by atoms with Crippen molar-refractivity contribution in [2.75, 3.05) is 18.4 Å². The van der Waals surface area contributed by atoms with Gasteiger partial charge in [0.2, 0.25) is 11.9 Å². The van der Waals surface area contributed by atoms with Crippen LogP contribution in [0.1, 0.15) is 35.7 Å². The van der Waals surface area contributed by atoms with E-state index < -0.39 is 0 Å². The Hall–Kier alpha value is -4.13. The smallest absolute Gasteiger partial charge is 0.257 e. The molecular weight excluding hydrogens is 440 g/mol. The summed E-state index contributed by atoms with van der Waals surface area (Å²) in [5.41, 5.74) is 3.37. The average Bonchev–Trinajstić information content (AvgIpc) is 3.61. The van der Waals surface area contributed by atoms with Crippen LogP contribution in [0, 0.1) is 5.41 Å². The highest BCUT2D eigenvalue weighted by Gasteiger charge is 2.50. The third-order valence-electron chi connectivity index (χ3n) is 7.38. The van der Waals surface area contributed by atoms with Crippen LogP contribution in [0.15, 0.2) is 84.0 Å². The number of carbonyl (C=O) groups excluding carboxylic acids is 2. The van der Waals surface area contributed by atoms with Crippen molar-refractivity contribution >= 4 is 28.8 Å². The second kappa shape index (κ2) is 8.27. The van der Waals surface area contributed by atoms with Crippen LogP contribution in [0.4, 0.5) is 5.95 Å². The first kappa shape index (κ1) is 21.4. The highest BCUT2D eigenvalue weighted by Crippen LogP contribution is 2.55. The van der Waals surface area contributed by atoms with Crippen LogP contribution in [0.5, 0.6) is 0 Å². The van der Waals surface area contributed by atoms with Crippen LogP contribution in [0.3, 0.4) is 0 Å². The van der Waals surface area contributed by atoms with E-state index in [-0.39, 0.29) is 23.3 Å². The number of anilines is 1. The predicted molar refractivity (Wildman–Crippen MR) is 134 cm³/mol. The Labute approximate surface area is 203 Å². The van der Waals surface area contributed by atoms with Gasteiger partial charge in [0, 0.05) is 30.3 Å². The highest BCUT2D eigenvalue weighted by molar-refractivity contribution is 6.04. The number of furan rings is 1. The number of fused-ring (bicyclic) bond motifs is 1. The van der Waals surface area contributed by atoms with Gasteiger partial charge in [-0.25, -0.2) is 4.98 Å². The van der Waals surface area contributed by atoms with E-state index in [1.165, 1.54) is 6.08 Å². The summed E-state index contributed by atoms with van der Waals surface area (Å²) in [4.78, 5) is 32.0. The van der Waals surface area contributed by atoms with E-state index in [4.69, 9.17) is 9.40 Å². The molecule has 0 atom stereocenters. The van der Waals surface area contributed by atoms with Crippen LogP contribution in [-0.4, -0.2) is 39.4 Å². The molecule has 1 spiro atoms. The fourth-order valence-electron chi connectivity index (χ4n) is 5.64. The highest BCUT2D eigenvalue weighted by atomic mass is 16.3. The minimum atomic E-state index is -0.215. The van der Waals surface area contributed by atoms with E-state index >= 15 is 0 Å². The van der Waals surface area contributed by atoms with Gasteiger partial charge in [0.1, 0.15) is 5.76 Å². The Bertz CT molecular complexity index is 1430. The quantitative estimate of drug-likeness (QED) is 0.406. The van der Waals surface area contributed by atoms with Crippen molar-refractivity contribution in [3.05, 3.63) is 85.1 Å². The van der Waals surface area contributed by atoms with Crippen molar-refractivity contribution in [3.8, 4) is 11.3 Å². The maximum atomic E-state index is 13.2. The molecule has 7 nitrogen and oxygen atoms in total. The van der Waals surface area contributed by atoms with Crippen molar-refractivity contribution < 1.29 is 14.0 Å². The first-order valence-electron chi connectivity index (χ1n) is 11.9. The molecule has 2 aliphatic rings. The van der Waals surface area contributed by atoms with E-state index in [1.807, 2.05) is 59.5 Å². The maximum Gasteiger partial charge on any atom is 0.257 e. The Balaban J connectivity index is 1.26. The third kappa shape index (κ3) is 3.73. The number of benzene rings is 2. The number of nitrogens with one attached hydrogen (secondary N) is 1. The zero-order valence-electron chi connectivity index (χ0n) is 19.3. The molecular formula is C28H26N4O3. The van der Waals surface area contributed by atoms with E-state index in [2.05, 4.69) is 16.5 Å². The van der Waals surface area contributed by atoms with Gasteiger partial charge in [-0.3, -0.25) is 14.9 Å². The molecule has 1 saturated heterocycles. The van der Waals surface area contributed by atoms with Crippen LogP contribution in [0.25, 0.3) is 22.4 Å². The van der Waals surface area contributed by atoms with Crippen molar-refractivity contribution in [1.82, 2.24) is 14.5 Å². The van der Waals surface area contributed by atoms with Gasteiger partial charge < -0.3 is 13.9 Å². The molecule has 1 aliphatic carbocycles. The maximum absolute atomic E-state index is 13.2. The zero-order valence-corrected chi connectivity index (χ0v) is 19.3. The molecule has 2 amide bonds. The molecule has 0 radical (unpaired) electrons. The van der Waals surface area contributed by atoms with Crippen molar-refractivity contribution in [2.24, 2.45) is 5.41 Å². The van der Waals surface area contributed by atoms with Gasteiger partial charge in [-0.05, 0) is 67.2 Å². The fourth-order valence-corrected chi connectivity index (χ4v) is 5.64. The average molecular weight is 467 g/mol. The molecule has 0 unspecified atom stereocenters. The lowest BCUT2D eigenvalue weighted by Gasteiger charge is -2.46. The molecule has 4 aromatic rings. The Morgan fingerprint density at radius 3 is 2.77 bits per heavy atom. The van der Waals surface area contributed by atoms with Gasteiger partial charge in [-0.1, -0.05) is 30.8 Å². The van der Waals surface area contributed by atoms with Gasteiger partial charge in [-0.15, -0.1) is 0 Å². The summed E-state index contributed by atoms with van der Waals surface area (Å²) in [6, 6.07) is 19.2. The number of rotatable bonds is 5. The second-order valence-corrected chi connectivity index (χ2v) is 9.58. The summed E-state index contributed by atoms with van der Waals surface area (Å²) < 4.78 is 7.64. The first-order valence-corrected chi connectivity index (χ1v) is 11.9. The summed E-state index contributed by atoms with van der Waals surface area (Å²) in [7, 11) is 0. The van der Waals surface area contributed by atoms with E-state index in [1.54, 1.807) is 12.3 Å². The minimum absolute atomic E-state index is 0.00290. The van der Waals surface area contributed by atoms with E-state index in [0.29, 0.717) is 17.3 Å². The van der Waals surface area contributed by atoms with E-state index in [0.717, 1.165) is 48.9 Å². The molecule has 176 valence electrons. The van der Waals surface area contributed by atoms with Crippen molar-refractivity contribution in [3.63, 3.8) is 0 Å². The number of hydrogen-bond donors (Lipinski definition) is 1. The summed E-state index contributed by atoms with van der Waals surface area (Å²) in [6.07, 6.45) is 5.91. The summed E-state index contributed by atoms with van der Waals surface area (Å²) >= 11 is 0. The summed E-state index contributed by atoms with van der Waals surface area (Å²) in [5.74, 6) is 1.06. The number of likely N-dealkylation sites (tertiary alicyclic amines) is 1. The zero-order chi connectivity index (χ0) is 24.0. The lowest BCUT2D eigenvalue weighted by atomic mass is 9.65. The Kier molecular flexibility index (Phi) is 5.06. The molecule has 3 heterocycles. The lowest BCUT2D eigenvalue weighted by Crippen LogP contribution is -2.42. The normalized spacial score (nSPS) is 21.3. The largest absolute Gasteiger partial charge is 0.464 e. The van der Waals surface area contributed by atoms with Crippen molar-refractivity contribution in [1.29, 1.82) is 0 Å². The van der Waals surface area contributed by atoms with Crippen molar-refractivity contribution in [2.45, 2.75) is 25.3 Å². The van der Waals surface area contributed by atoms with Crippen LogP contribution in [0.2, 0.25) is 0 Å². The van der Waals surface area contributed by atoms with Gasteiger partial charge in [0.25, 0.3) is 5.91 Å². The fraction of sp³-hybridized carbons (Fsp3) is 0.250. The number of carbonyl (C=O) groups is 2. The number of nitrogens with zero attached hydrogens (tertiary/aromatic N) is 3. The van der Waals surface area contributed by atoms with Crippen LogP contribution < -0.4 is 5.32 Å². The Morgan fingerprint density at radius 1 is 1.11 bits per heavy atom. The molecule has 2 aromatic heterocycles. The molecule has 1 saturated carbocycles.